The van der Waals surface area contributed by atoms with Crippen molar-refractivity contribution in [3.63, 3.8) is 0 Å². The number of rotatable bonds is 4. The van der Waals surface area contributed by atoms with Crippen molar-refractivity contribution in [2.45, 2.75) is 44.6 Å². The molecular weight excluding hydrogens is 428 g/mol. The summed E-state index contributed by atoms with van der Waals surface area (Å²) in [5.41, 5.74) is 1.99. The summed E-state index contributed by atoms with van der Waals surface area (Å²) in [5.74, 6) is -1.48. The van der Waals surface area contributed by atoms with Gasteiger partial charge in [-0.25, -0.2) is 28.1 Å². The van der Waals surface area contributed by atoms with E-state index in [9.17, 15) is 8.78 Å². The number of H-pyrrole nitrogens is 1. The number of nitrogens with zero attached hydrogens (tertiary/aromatic N) is 8. The number of benzene rings is 1. The standard InChI is InChI=1S/C19H18ClF2N9/c1-11-15(26-29-30(11)14-4-2-3-12(20)9-14)18-25-17(16-23-10-24-27-16)28-31(18)13-5-7-19(21,22)8-6-13/h2-4,9-10,13H,5-8H2,1H3,(H,23,24,27). The summed E-state index contributed by atoms with van der Waals surface area (Å²) in [6.07, 6.45) is 1.56. The number of aromatic nitrogens is 9. The van der Waals surface area contributed by atoms with Gasteiger partial charge in [-0.3, -0.25) is 5.10 Å². The van der Waals surface area contributed by atoms with Gasteiger partial charge in [0, 0.05) is 17.9 Å². The lowest BCUT2D eigenvalue weighted by molar-refractivity contribution is -0.0448. The number of aromatic amines is 1. The third-order valence-corrected chi connectivity index (χ3v) is 5.68. The van der Waals surface area contributed by atoms with Crippen molar-refractivity contribution < 1.29 is 8.78 Å². The first-order chi connectivity index (χ1) is 14.9. The molecule has 0 bridgehead atoms. The van der Waals surface area contributed by atoms with Crippen LogP contribution >= 0.6 is 11.6 Å². The molecule has 0 unspecified atom stereocenters. The summed E-state index contributed by atoms with van der Waals surface area (Å²) in [6.45, 7) is 1.86. The fourth-order valence-electron chi connectivity index (χ4n) is 3.81. The molecular formula is C19H18ClF2N9. The predicted octanol–water partition coefficient (Wildman–Crippen LogP) is 4.02. The summed E-state index contributed by atoms with van der Waals surface area (Å²) < 4.78 is 30.8. The lowest BCUT2D eigenvalue weighted by Crippen LogP contribution is -2.27. The van der Waals surface area contributed by atoms with Gasteiger partial charge in [-0.05, 0) is 38.0 Å². The number of halogens is 3. The second-order valence-corrected chi connectivity index (χ2v) is 7.98. The molecule has 3 heterocycles. The molecule has 0 amide bonds. The molecule has 3 aromatic heterocycles. The second kappa shape index (κ2) is 7.49. The first kappa shape index (κ1) is 19.7. The highest BCUT2D eigenvalue weighted by atomic mass is 35.5. The van der Waals surface area contributed by atoms with Gasteiger partial charge >= 0.3 is 0 Å². The minimum atomic E-state index is -2.64. The normalized spacial score (nSPS) is 16.6. The maximum absolute atomic E-state index is 13.7. The van der Waals surface area contributed by atoms with Crippen molar-refractivity contribution in [2.24, 2.45) is 0 Å². The lowest BCUT2D eigenvalue weighted by Gasteiger charge is -2.28. The van der Waals surface area contributed by atoms with Crippen LogP contribution in [0.3, 0.4) is 0 Å². The Morgan fingerprint density at radius 1 is 1.23 bits per heavy atom. The third kappa shape index (κ3) is 3.69. The van der Waals surface area contributed by atoms with Crippen LogP contribution in [-0.4, -0.2) is 50.9 Å². The van der Waals surface area contributed by atoms with Crippen LogP contribution in [0.15, 0.2) is 30.6 Å². The molecule has 0 radical (unpaired) electrons. The van der Waals surface area contributed by atoms with E-state index in [-0.39, 0.29) is 18.9 Å². The molecule has 1 saturated carbocycles. The van der Waals surface area contributed by atoms with Crippen molar-refractivity contribution in [3.8, 4) is 28.9 Å². The molecule has 1 N–H and O–H groups in total. The van der Waals surface area contributed by atoms with Crippen molar-refractivity contribution in [1.29, 1.82) is 0 Å². The Hall–Kier alpha value is -3.21. The number of hydrogen-bond donors (Lipinski definition) is 1. The third-order valence-electron chi connectivity index (χ3n) is 5.45. The number of nitrogens with one attached hydrogen (secondary N) is 1. The van der Waals surface area contributed by atoms with Crippen LogP contribution < -0.4 is 0 Å². The molecule has 0 spiro atoms. The molecule has 9 nitrogen and oxygen atoms in total. The van der Waals surface area contributed by atoms with Gasteiger partial charge in [0.15, 0.2) is 17.3 Å². The van der Waals surface area contributed by atoms with E-state index >= 15 is 0 Å². The van der Waals surface area contributed by atoms with Crippen LogP contribution in [-0.2, 0) is 0 Å². The van der Waals surface area contributed by atoms with E-state index in [0.29, 0.717) is 41.0 Å². The van der Waals surface area contributed by atoms with E-state index in [1.165, 1.54) is 6.33 Å². The topological polar surface area (TPSA) is 103 Å². The molecule has 1 aromatic carbocycles. The highest BCUT2D eigenvalue weighted by molar-refractivity contribution is 6.30. The minimum absolute atomic E-state index is 0.192. The highest BCUT2D eigenvalue weighted by Crippen LogP contribution is 2.40. The molecule has 12 heteroatoms. The molecule has 31 heavy (non-hydrogen) atoms. The molecule has 0 atom stereocenters. The van der Waals surface area contributed by atoms with Gasteiger partial charge in [0.1, 0.15) is 6.33 Å². The Kier molecular flexibility index (Phi) is 4.77. The van der Waals surface area contributed by atoms with E-state index < -0.39 is 5.92 Å². The van der Waals surface area contributed by atoms with Crippen LogP contribution in [0, 0.1) is 6.92 Å². The zero-order valence-electron chi connectivity index (χ0n) is 16.5. The van der Waals surface area contributed by atoms with Crippen molar-refractivity contribution in [1.82, 2.24) is 44.9 Å². The van der Waals surface area contributed by atoms with E-state index in [0.717, 1.165) is 11.4 Å². The fraction of sp³-hybridized carbons (Fsp3) is 0.368. The van der Waals surface area contributed by atoms with Gasteiger partial charge in [-0.1, -0.05) is 22.9 Å². The van der Waals surface area contributed by atoms with Crippen molar-refractivity contribution in [3.05, 3.63) is 41.3 Å². The zero-order valence-corrected chi connectivity index (χ0v) is 17.3. The van der Waals surface area contributed by atoms with Gasteiger partial charge in [0.2, 0.25) is 11.7 Å². The van der Waals surface area contributed by atoms with Gasteiger partial charge < -0.3 is 0 Å². The van der Waals surface area contributed by atoms with E-state index in [1.54, 1.807) is 21.5 Å². The van der Waals surface area contributed by atoms with E-state index in [4.69, 9.17) is 11.6 Å². The predicted molar refractivity (Wildman–Crippen MR) is 108 cm³/mol. The van der Waals surface area contributed by atoms with Crippen LogP contribution in [0.2, 0.25) is 5.02 Å². The maximum atomic E-state index is 13.7. The Bertz CT molecular complexity index is 1210. The van der Waals surface area contributed by atoms with Crippen LogP contribution in [0.4, 0.5) is 8.78 Å². The Labute approximate surface area is 180 Å². The minimum Gasteiger partial charge on any atom is -0.257 e. The smallest absolute Gasteiger partial charge is 0.248 e. The van der Waals surface area contributed by atoms with Crippen molar-refractivity contribution in [2.75, 3.05) is 0 Å². The molecule has 4 aromatic rings. The van der Waals surface area contributed by atoms with Gasteiger partial charge in [0.25, 0.3) is 0 Å². The first-order valence-corrected chi connectivity index (χ1v) is 10.2. The summed E-state index contributed by atoms with van der Waals surface area (Å²) in [5, 5.41) is 20.3. The Morgan fingerprint density at radius 2 is 2.03 bits per heavy atom. The first-order valence-electron chi connectivity index (χ1n) is 9.80. The lowest BCUT2D eigenvalue weighted by atomic mass is 9.92. The van der Waals surface area contributed by atoms with E-state index in [2.05, 4.69) is 35.6 Å². The monoisotopic (exact) mass is 445 g/mol. The average molecular weight is 446 g/mol. The Morgan fingerprint density at radius 3 is 2.74 bits per heavy atom. The highest BCUT2D eigenvalue weighted by Gasteiger charge is 2.37. The van der Waals surface area contributed by atoms with Crippen LogP contribution in [0.5, 0.6) is 0 Å². The summed E-state index contributed by atoms with van der Waals surface area (Å²) in [7, 11) is 0. The molecule has 1 aliphatic carbocycles. The largest absolute Gasteiger partial charge is 0.257 e. The van der Waals surface area contributed by atoms with Crippen LogP contribution in [0.25, 0.3) is 28.9 Å². The SMILES string of the molecule is Cc1c(-c2nc(-c3ncn[nH]3)nn2C2CCC(F)(F)CC2)nnn1-c1cccc(Cl)c1. The molecule has 1 aliphatic rings. The molecule has 0 aliphatic heterocycles. The zero-order chi connectivity index (χ0) is 21.6. The molecule has 160 valence electrons. The number of alkyl halides is 2. The summed E-state index contributed by atoms with van der Waals surface area (Å²) in [6, 6.07) is 7.02. The summed E-state index contributed by atoms with van der Waals surface area (Å²) in [4.78, 5) is 8.72. The van der Waals surface area contributed by atoms with Gasteiger partial charge in [0.05, 0.1) is 17.4 Å². The van der Waals surface area contributed by atoms with E-state index in [1.807, 2.05) is 19.1 Å². The van der Waals surface area contributed by atoms with Crippen molar-refractivity contribution >= 4 is 11.6 Å². The van der Waals surface area contributed by atoms with Gasteiger partial charge in [-0.15, -0.1) is 10.2 Å². The quantitative estimate of drug-likeness (QED) is 0.508. The summed E-state index contributed by atoms with van der Waals surface area (Å²) >= 11 is 6.12. The average Bonchev–Trinajstić information content (AvgIpc) is 3.47. The molecule has 5 rings (SSSR count). The molecule has 1 fully saturated rings. The fourth-order valence-corrected chi connectivity index (χ4v) is 4.00. The molecule has 0 saturated heterocycles. The van der Waals surface area contributed by atoms with Crippen LogP contribution in [0.1, 0.15) is 37.4 Å². The van der Waals surface area contributed by atoms with Gasteiger partial charge in [-0.2, -0.15) is 5.10 Å². The Balaban J connectivity index is 1.59. The second-order valence-electron chi connectivity index (χ2n) is 7.54. The number of hydrogen-bond acceptors (Lipinski definition) is 6. The maximum Gasteiger partial charge on any atom is 0.248 e.